The largest absolute Gasteiger partial charge is 0.497 e. The molecule has 5 heteroatoms. The Labute approximate surface area is 176 Å². The molecule has 1 unspecified atom stereocenters. The maximum absolute atomic E-state index is 5.89. The Morgan fingerprint density at radius 1 is 1.44 bits per heavy atom. The molecule has 1 aliphatic heterocycles. The predicted octanol–water partition coefficient (Wildman–Crippen LogP) is 4.02. The zero-order valence-corrected chi connectivity index (χ0v) is 17.9. The average molecular weight is 412 g/mol. The van der Waals surface area contributed by atoms with E-state index in [0.717, 1.165) is 54.5 Å². The molecule has 2 aromatic rings. The molecule has 1 fully saturated rings. The first-order valence-corrected chi connectivity index (χ1v) is 7.93. The first-order chi connectivity index (χ1) is 11.3. The molecule has 4 nitrogen and oxygen atoms in total. The fourth-order valence-corrected chi connectivity index (χ4v) is 3.16. The van der Waals surface area contributed by atoms with Gasteiger partial charge in [0, 0.05) is 50.7 Å². The number of benzene rings is 1. The summed E-state index contributed by atoms with van der Waals surface area (Å²) in [5.74, 6) is 2.17. The fourth-order valence-electron chi connectivity index (χ4n) is 3.16. The number of methoxy groups -OCH3 is 1. The van der Waals surface area contributed by atoms with Gasteiger partial charge in [-0.3, -0.25) is 0 Å². The van der Waals surface area contributed by atoms with E-state index in [0.29, 0.717) is 5.92 Å². The number of ether oxygens (including phenoxy) is 1. The van der Waals surface area contributed by atoms with Crippen molar-refractivity contribution in [2.75, 3.05) is 20.2 Å². The van der Waals surface area contributed by atoms with Gasteiger partial charge < -0.3 is 28.6 Å². The Morgan fingerprint density at radius 3 is 2.84 bits per heavy atom. The van der Waals surface area contributed by atoms with Gasteiger partial charge in [0.2, 0.25) is 0 Å². The molecule has 1 aromatic heterocycles. The van der Waals surface area contributed by atoms with Crippen LogP contribution in [0.4, 0.5) is 0 Å². The number of imidazole rings is 1. The van der Waals surface area contributed by atoms with Crippen molar-refractivity contribution in [3.05, 3.63) is 56.4 Å². The summed E-state index contributed by atoms with van der Waals surface area (Å²) < 4.78 is 7.28. The van der Waals surface area contributed by atoms with Gasteiger partial charge in [-0.05, 0) is 37.6 Å². The van der Waals surface area contributed by atoms with Crippen LogP contribution >= 0.6 is 0 Å². The van der Waals surface area contributed by atoms with Crippen LogP contribution in [0, 0.1) is 14.0 Å². The molecule has 1 aromatic carbocycles. The molecule has 1 saturated heterocycles. The molecule has 1 N–H and O–H groups in total. The summed E-state index contributed by atoms with van der Waals surface area (Å²) in [5, 5.41) is 3.44. The Bertz CT molecular complexity index is 718. The van der Waals surface area contributed by atoms with E-state index in [1.807, 2.05) is 34.9 Å². The zero-order valence-electron chi connectivity index (χ0n) is 15.0. The summed E-state index contributed by atoms with van der Waals surface area (Å²) >= 11 is 0. The number of aromatic nitrogens is 2. The van der Waals surface area contributed by atoms with E-state index in [1.165, 1.54) is 0 Å². The zero-order chi connectivity index (χ0) is 16.2. The van der Waals surface area contributed by atoms with Crippen molar-refractivity contribution in [2.45, 2.75) is 18.8 Å². The molecule has 1 radical (unpaired) electrons. The number of hydrogen-bond donors (Lipinski definition) is 1. The van der Waals surface area contributed by atoms with E-state index in [1.54, 1.807) is 13.3 Å². The van der Waals surface area contributed by atoms with Gasteiger partial charge in [0.05, 0.1) is 18.5 Å². The summed E-state index contributed by atoms with van der Waals surface area (Å²) in [5.41, 5.74) is 2.81. The molecule has 1 aliphatic rings. The normalized spacial score (nSPS) is 16.3. The first-order valence-electron chi connectivity index (χ1n) is 7.93. The van der Waals surface area contributed by atoms with Gasteiger partial charge in [0.15, 0.2) is 0 Å². The van der Waals surface area contributed by atoms with Crippen molar-refractivity contribution in [1.29, 1.82) is 0 Å². The van der Waals surface area contributed by atoms with Crippen LogP contribution in [-0.2, 0) is 32.7 Å². The molecule has 1 atom stereocenters. The number of piperidine rings is 1. The van der Waals surface area contributed by atoms with E-state index in [9.17, 15) is 0 Å². The predicted molar refractivity (Wildman–Crippen MR) is 101 cm³/mol. The summed E-state index contributed by atoms with van der Waals surface area (Å²) in [6, 6.07) is 7.91. The third-order valence-corrected chi connectivity index (χ3v) is 4.32. The smallest absolute Gasteiger partial charge is 0.119 e. The van der Waals surface area contributed by atoms with E-state index in [2.05, 4.69) is 11.9 Å². The number of nitrogens with zero attached hydrogens (tertiary/aromatic N) is 2. The van der Waals surface area contributed by atoms with Gasteiger partial charge >= 0.3 is 0 Å². The van der Waals surface area contributed by atoms with Gasteiger partial charge in [-0.15, -0.1) is 0 Å². The van der Waals surface area contributed by atoms with Crippen LogP contribution in [0.3, 0.4) is 0 Å². The minimum Gasteiger partial charge on any atom is -0.497 e. The summed E-state index contributed by atoms with van der Waals surface area (Å²) in [4.78, 5) is 4.91. The minimum atomic E-state index is 0. The molecule has 0 spiro atoms. The fraction of sp³-hybridized carbons (Fsp3) is 0.300. The van der Waals surface area contributed by atoms with Crippen molar-refractivity contribution in [3.63, 3.8) is 0 Å². The monoisotopic (exact) mass is 412 g/mol. The molecule has 131 valence electrons. The van der Waals surface area contributed by atoms with Crippen LogP contribution in [0.5, 0.6) is 5.75 Å². The minimum absolute atomic E-state index is 0. The van der Waals surface area contributed by atoms with Crippen LogP contribution in [0.1, 0.15) is 30.3 Å². The Hall–Kier alpha value is -1.23. The Morgan fingerprint density at radius 2 is 2.24 bits per heavy atom. The van der Waals surface area contributed by atoms with Crippen molar-refractivity contribution >= 4 is 12.3 Å². The SMILES string of the molecule is [CH-]=Cn1c(C2CCCNC2)nc(-c2cccc(OC)c2)c1C=C.[CH3-].[Y]. The van der Waals surface area contributed by atoms with Crippen LogP contribution in [0.15, 0.2) is 30.8 Å². The Kier molecular flexibility index (Phi) is 8.77. The number of rotatable bonds is 5. The summed E-state index contributed by atoms with van der Waals surface area (Å²) in [6.45, 7) is 11.8. The van der Waals surface area contributed by atoms with Crippen LogP contribution in [0.2, 0.25) is 0 Å². The second kappa shape index (κ2) is 10.1. The van der Waals surface area contributed by atoms with Gasteiger partial charge in [0.25, 0.3) is 0 Å². The van der Waals surface area contributed by atoms with Crippen molar-refractivity contribution in [3.8, 4) is 17.0 Å². The van der Waals surface area contributed by atoms with Crippen molar-refractivity contribution in [2.24, 2.45) is 0 Å². The van der Waals surface area contributed by atoms with Gasteiger partial charge in [-0.25, -0.2) is 4.98 Å². The second-order valence-electron chi connectivity index (χ2n) is 5.70. The number of hydrogen-bond acceptors (Lipinski definition) is 3. The topological polar surface area (TPSA) is 39.1 Å². The van der Waals surface area contributed by atoms with E-state index in [-0.39, 0.29) is 40.1 Å². The molecular formula is C20H25N3OY-2. The Balaban J connectivity index is 0.00000156. The molecule has 0 amide bonds. The molecule has 0 bridgehead atoms. The van der Waals surface area contributed by atoms with Crippen molar-refractivity contribution < 1.29 is 37.4 Å². The van der Waals surface area contributed by atoms with Crippen LogP contribution < -0.4 is 10.1 Å². The van der Waals surface area contributed by atoms with E-state index in [4.69, 9.17) is 16.3 Å². The molecule has 0 saturated carbocycles. The van der Waals surface area contributed by atoms with Gasteiger partial charge in [-0.1, -0.05) is 18.7 Å². The standard InChI is InChI=1S/C19H22N3O.CH3.Y/c1-4-17-18(14-8-6-10-16(12-14)23-3)21-19(22(17)5-2)15-9-7-11-20-13-15;;/h2,4-6,8,10,12,15,20H,1,7,9,11,13H2,3H3;1H3;/q2*-1;. The third-order valence-electron chi connectivity index (χ3n) is 4.32. The van der Waals surface area contributed by atoms with Gasteiger partial charge in [-0.2, -0.15) is 6.20 Å². The number of nitrogens with one attached hydrogen (secondary N) is 1. The van der Waals surface area contributed by atoms with E-state index < -0.39 is 0 Å². The summed E-state index contributed by atoms with van der Waals surface area (Å²) in [7, 11) is 1.67. The molecule has 3 rings (SSSR count). The molecular weight excluding hydrogens is 387 g/mol. The maximum Gasteiger partial charge on any atom is 0.119 e. The maximum atomic E-state index is 5.89. The quantitative estimate of drug-likeness (QED) is 0.755. The molecule has 2 heterocycles. The molecule has 25 heavy (non-hydrogen) atoms. The van der Waals surface area contributed by atoms with Gasteiger partial charge in [0.1, 0.15) is 11.6 Å². The molecule has 0 aliphatic carbocycles. The van der Waals surface area contributed by atoms with Crippen LogP contribution in [-0.4, -0.2) is 29.8 Å². The second-order valence-corrected chi connectivity index (χ2v) is 5.70. The van der Waals surface area contributed by atoms with Crippen molar-refractivity contribution in [1.82, 2.24) is 14.9 Å². The first kappa shape index (κ1) is 21.8. The van der Waals surface area contributed by atoms with E-state index >= 15 is 0 Å². The average Bonchev–Trinajstić information content (AvgIpc) is 3.01. The van der Waals surface area contributed by atoms with Crippen LogP contribution in [0.25, 0.3) is 23.5 Å². The third kappa shape index (κ3) is 4.49. The summed E-state index contributed by atoms with van der Waals surface area (Å²) in [6.07, 6.45) is 5.66.